The van der Waals surface area contributed by atoms with Crippen LogP contribution in [0.3, 0.4) is 0 Å². The van der Waals surface area contributed by atoms with Crippen LogP contribution in [0.2, 0.25) is 0 Å². The Morgan fingerprint density at radius 2 is 2.24 bits per heavy atom. The molecule has 0 saturated heterocycles. The lowest BCUT2D eigenvalue weighted by Gasteiger charge is -2.20. The SMILES string of the molecule is CN(CC1CC1)c1cc(C(=O)O)c(N)cc1F. The third kappa shape index (κ3) is 2.49. The normalized spacial score (nSPS) is 14.7. The molecule has 1 saturated carbocycles. The molecular formula is C12H15FN2O2. The van der Waals surface area contributed by atoms with Crippen LogP contribution in [-0.2, 0) is 0 Å². The number of rotatable bonds is 4. The van der Waals surface area contributed by atoms with E-state index in [9.17, 15) is 9.18 Å². The highest BCUT2D eigenvalue weighted by Crippen LogP contribution is 2.32. The topological polar surface area (TPSA) is 66.6 Å². The predicted octanol–water partition coefficient (Wildman–Crippen LogP) is 1.95. The van der Waals surface area contributed by atoms with Crippen LogP contribution in [0, 0.1) is 11.7 Å². The minimum absolute atomic E-state index is 0.0430. The summed E-state index contributed by atoms with van der Waals surface area (Å²) in [6.07, 6.45) is 2.32. The van der Waals surface area contributed by atoms with Gasteiger partial charge in [-0.1, -0.05) is 0 Å². The average Bonchev–Trinajstić information content (AvgIpc) is 3.00. The van der Waals surface area contributed by atoms with Gasteiger partial charge in [0.05, 0.1) is 11.3 Å². The zero-order chi connectivity index (χ0) is 12.6. The molecule has 1 aliphatic carbocycles. The van der Waals surface area contributed by atoms with E-state index in [1.165, 1.54) is 6.07 Å². The molecule has 0 aromatic heterocycles. The molecule has 0 atom stereocenters. The van der Waals surface area contributed by atoms with Crippen LogP contribution in [0.4, 0.5) is 15.8 Å². The molecule has 2 rings (SSSR count). The number of nitrogens with two attached hydrogens (primary N) is 1. The van der Waals surface area contributed by atoms with Crippen molar-refractivity contribution >= 4 is 17.3 Å². The maximum absolute atomic E-state index is 13.7. The Morgan fingerprint density at radius 1 is 1.59 bits per heavy atom. The second-order valence-corrected chi connectivity index (χ2v) is 4.52. The quantitative estimate of drug-likeness (QED) is 0.787. The number of aromatic carboxylic acids is 1. The summed E-state index contributed by atoms with van der Waals surface area (Å²) < 4.78 is 13.7. The lowest BCUT2D eigenvalue weighted by atomic mass is 10.1. The number of anilines is 2. The van der Waals surface area contributed by atoms with Gasteiger partial charge >= 0.3 is 5.97 Å². The van der Waals surface area contributed by atoms with Crippen molar-refractivity contribution in [3.8, 4) is 0 Å². The van der Waals surface area contributed by atoms with Crippen LogP contribution >= 0.6 is 0 Å². The highest BCUT2D eigenvalue weighted by molar-refractivity contribution is 5.95. The summed E-state index contributed by atoms with van der Waals surface area (Å²) in [7, 11) is 1.76. The molecule has 1 aromatic carbocycles. The number of carbonyl (C=O) groups is 1. The molecule has 1 aliphatic rings. The molecule has 17 heavy (non-hydrogen) atoms. The second-order valence-electron chi connectivity index (χ2n) is 4.52. The van der Waals surface area contributed by atoms with E-state index in [0.717, 1.165) is 25.5 Å². The van der Waals surface area contributed by atoms with Crippen molar-refractivity contribution in [2.75, 3.05) is 24.2 Å². The predicted molar refractivity (Wildman–Crippen MR) is 63.8 cm³/mol. The Bertz CT molecular complexity index is 458. The molecule has 0 spiro atoms. The minimum atomic E-state index is -1.14. The van der Waals surface area contributed by atoms with Gasteiger partial charge in [0.25, 0.3) is 0 Å². The van der Waals surface area contributed by atoms with E-state index in [1.807, 2.05) is 0 Å². The number of nitrogen functional groups attached to an aromatic ring is 1. The maximum atomic E-state index is 13.7. The van der Waals surface area contributed by atoms with E-state index < -0.39 is 11.8 Å². The summed E-state index contributed by atoms with van der Waals surface area (Å²) in [5, 5.41) is 8.94. The number of carboxylic acid groups (broad SMARTS) is 1. The van der Waals surface area contributed by atoms with E-state index >= 15 is 0 Å². The van der Waals surface area contributed by atoms with Crippen molar-refractivity contribution in [2.24, 2.45) is 5.92 Å². The third-order valence-corrected chi connectivity index (χ3v) is 2.99. The number of hydrogen-bond acceptors (Lipinski definition) is 3. The molecule has 0 aliphatic heterocycles. The first-order chi connectivity index (χ1) is 7.99. The zero-order valence-electron chi connectivity index (χ0n) is 9.61. The first-order valence-corrected chi connectivity index (χ1v) is 5.52. The molecule has 0 bridgehead atoms. The largest absolute Gasteiger partial charge is 0.478 e. The highest BCUT2D eigenvalue weighted by atomic mass is 19.1. The van der Waals surface area contributed by atoms with Crippen LogP contribution in [0.5, 0.6) is 0 Å². The van der Waals surface area contributed by atoms with Gasteiger partial charge < -0.3 is 15.7 Å². The van der Waals surface area contributed by atoms with Gasteiger partial charge in [-0.25, -0.2) is 9.18 Å². The van der Waals surface area contributed by atoms with E-state index in [-0.39, 0.29) is 11.3 Å². The fourth-order valence-electron chi connectivity index (χ4n) is 1.84. The molecule has 1 aromatic rings. The Labute approximate surface area is 98.8 Å². The van der Waals surface area contributed by atoms with Gasteiger partial charge in [-0.15, -0.1) is 0 Å². The molecule has 0 heterocycles. The highest BCUT2D eigenvalue weighted by Gasteiger charge is 2.24. The molecule has 1 fully saturated rings. The summed E-state index contributed by atoms with van der Waals surface area (Å²) in [5.74, 6) is -1.01. The van der Waals surface area contributed by atoms with Crippen molar-refractivity contribution in [2.45, 2.75) is 12.8 Å². The Morgan fingerprint density at radius 3 is 2.76 bits per heavy atom. The first kappa shape index (κ1) is 11.7. The van der Waals surface area contributed by atoms with Crippen molar-refractivity contribution in [1.29, 1.82) is 0 Å². The van der Waals surface area contributed by atoms with E-state index in [2.05, 4.69) is 0 Å². The molecule has 0 unspecified atom stereocenters. The van der Waals surface area contributed by atoms with Gasteiger partial charge in [0, 0.05) is 19.3 Å². The minimum Gasteiger partial charge on any atom is -0.478 e. The van der Waals surface area contributed by atoms with Crippen LogP contribution in [-0.4, -0.2) is 24.7 Å². The number of carboxylic acids is 1. The summed E-state index contributed by atoms with van der Waals surface area (Å²) in [4.78, 5) is 12.7. The van der Waals surface area contributed by atoms with Crippen LogP contribution < -0.4 is 10.6 Å². The van der Waals surface area contributed by atoms with Crippen LogP contribution in [0.25, 0.3) is 0 Å². The van der Waals surface area contributed by atoms with Crippen molar-refractivity contribution in [3.05, 3.63) is 23.5 Å². The fraction of sp³-hybridized carbons (Fsp3) is 0.417. The summed E-state index contributed by atoms with van der Waals surface area (Å²) in [6.45, 7) is 0.750. The van der Waals surface area contributed by atoms with Gasteiger partial charge in [-0.3, -0.25) is 0 Å². The van der Waals surface area contributed by atoms with Gasteiger partial charge in [-0.2, -0.15) is 0 Å². The Hall–Kier alpha value is -1.78. The third-order valence-electron chi connectivity index (χ3n) is 2.99. The second kappa shape index (κ2) is 4.24. The van der Waals surface area contributed by atoms with Crippen LogP contribution in [0.15, 0.2) is 12.1 Å². The van der Waals surface area contributed by atoms with Gasteiger partial charge in [0.2, 0.25) is 0 Å². The molecule has 4 nitrogen and oxygen atoms in total. The molecule has 0 radical (unpaired) electrons. The van der Waals surface area contributed by atoms with E-state index in [1.54, 1.807) is 11.9 Å². The summed E-state index contributed by atoms with van der Waals surface area (Å²) in [6, 6.07) is 2.37. The number of hydrogen-bond donors (Lipinski definition) is 2. The standard InChI is InChI=1S/C12H15FN2O2/c1-15(6-7-2-3-7)11-4-8(12(16)17)10(14)5-9(11)13/h4-5,7H,2-3,6,14H2,1H3,(H,16,17). The zero-order valence-corrected chi connectivity index (χ0v) is 9.61. The Balaban J connectivity index is 2.31. The fourth-order valence-corrected chi connectivity index (χ4v) is 1.84. The number of nitrogens with zero attached hydrogens (tertiary/aromatic N) is 1. The molecule has 3 N–H and O–H groups in total. The van der Waals surface area contributed by atoms with Crippen LogP contribution in [0.1, 0.15) is 23.2 Å². The maximum Gasteiger partial charge on any atom is 0.337 e. The molecule has 0 amide bonds. The summed E-state index contributed by atoms with van der Waals surface area (Å²) in [5.41, 5.74) is 5.67. The van der Waals surface area contributed by atoms with E-state index in [4.69, 9.17) is 10.8 Å². The molecule has 5 heteroatoms. The smallest absolute Gasteiger partial charge is 0.337 e. The number of halogens is 1. The monoisotopic (exact) mass is 238 g/mol. The number of benzene rings is 1. The Kier molecular flexibility index (Phi) is 2.92. The van der Waals surface area contributed by atoms with Gasteiger partial charge in [0.15, 0.2) is 0 Å². The van der Waals surface area contributed by atoms with Crippen molar-refractivity contribution in [1.82, 2.24) is 0 Å². The first-order valence-electron chi connectivity index (χ1n) is 5.52. The molecule has 92 valence electrons. The average molecular weight is 238 g/mol. The van der Waals surface area contributed by atoms with Gasteiger partial charge in [0.1, 0.15) is 5.82 Å². The van der Waals surface area contributed by atoms with Crippen molar-refractivity contribution < 1.29 is 14.3 Å². The lowest BCUT2D eigenvalue weighted by molar-refractivity contribution is 0.0698. The lowest BCUT2D eigenvalue weighted by Crippen LogP contribution is -2.22. The van der Waals surface area contributed by atoms with Crippen molar-refractivity contribution in [3.63, 3.8) is 0 Å². The van der Waals surface area contributed by atoms with E-state index in [0.29, 0.717) is 11.6 Å². The van der Waals surface area contributed by atoms with Gasteiger partial charge in [-0.05, 0) is 30.9 Å². The summed E-state index contributed by atoms with van der Waals surface area (Å²) >= 11 is 0. The molecular weight excluding hydrogens is 223 g/mol.